The second-order valence-corrected chi connectivity index (χ2v) is 9.53. The highest BCUT2D eigenvalue weighted by Gasteiger charge is 2.50. The van der Waals surface area contributed by atoms with E-state index in [4.69, 9.17) is 9.47 Å². The first kappa shape index (κ1) is 25.4. The lowest BCUT2D eigenvalue weighted by Crippen LogP contribution is -2.46. The molecule has 9 heteroatoms. The van der Waals surface area contributed by atoms with Gasteiger partial charge in [-0.1, -0.05) is 48.5 Å². The van der Waals surface area contributed by atoms with Crippen LogP contribution < -0.4 is 5.32 Å². The van der Waals surface area contributed by atoms with Crippen LogP contribution in [0, 0.1) is 0 Å². The molecule has 0 unspecified atom stereocenters. The Morgan fingerprint density at radius 2 is 1.76 bits per heavy atom. The minimum atomic E-state index is -1.90. The molecule has 1 aliphatic heterocycles. The number of para-hydroxylation sites is 1. The first-order valence-electron chi connectivity index (χ1n) is 12.3. The molecule has 8 nitrogen and oxygen atoms in total. The number of amides is 2. The topological polar surface area (TPSA) is 101 Å². The summed E-state index contributed by atoms with van der Waals surface area (Å²) in [4.78, 5) is 43.3. The second-order valence-electron chi connectivity index (χ2n) is 9.53. The van der Waals surface area contributed by atoms with E-state index in [-0.39, 0.29) is 26.2 Å². The minimum absolute atomic E-state index is 0.00875. The summed E-state index contributed by atoms with van der Waals surface area (Å²) in [7, 11) is 1.36. The average molecular weight is 518 g/mol. The van der Waals surface area contributed by atoms with Crippen LogP contribution in [0.2, 0.25) is 0 Å². The van der Waals surface area contributed by atoms with Crippen LogP contribution in [0.25, 0.3) is 21.8 Å². The number of esters is 1. The molecule has 2 atom stereocenters. The Morgan fingerprint density at radius 1 is 1.03 bits per heavy atom. The van der Waals surface area contributed by atoms with E-state index < -0.39 is 36.0 Å². The van der Waals surface area contributed by atoms with Crippen LogP contribution in [0.4, 0.5) is 4.39 Å². The Bertz CT molecular complexity index is 1490. The third kappa shape index (κ3) is 5.24. The molecule has 4 aromatic rings. The Labute approximate surface area is 218 Å². The molecular weight excluding hydrogens is 489 g/mol. The fourth-order valence-corrected chi connectivity index (χ4v) is 4.95. The van der Waals surface area contributed by atoms with Crippen molar-refractivity contribution < 1.29 is 28.2 Å². The Kier molecular flexibility index (Phi) is 7.11. The second kappa shape index (κ2) is 10.6. The fourth-order valence-electron chi connectivity index (χ4n) is 4.95. The molecule has 2 amide bonds. The monoisotopic (exact) mass is 517 g/mol. The van der Waals surface area contributed by atoms with Crippen molar-refractivity contribution in [3.63, 3.8) is 0 Å². The zero-order valence-corrected chi connectivity index (χ0v) is 20.9. The largest absolute Gasteiger partial charge is 0.459 e. The molecule has 3 aromatic carbocycles. The Hall–Kier alpha value is -4.24. The normalized spacial score (nSPS) is 19.1. The van der Waals surface area contributed by atoms with Crippen molar-refractivity contribution in [2.24, 2.45) is 0 Å². The first-order chi connectivity index (χ1) is 18.4. The van der Waals surface area contributed by atoms with Gasteiger partial charge in [0.1, 0.15) is 12.6 Å². The Balaban J connectivity index is 1.27. The SMILES string of the molecule is COC[C@@]1(F)C[C@@H](C(=O)OCc2ccccc2)N(C(=O)CNC(=O)c2ccc3[nH]c4ccccc4c3c2)C1. The van der Waals surface area contributed by atoms with E-state index in [1.165, 1.54) is 7.11 Å². The van der Waals surface area contributed by atoms with E-state index in [2.05, 4.69) is 10.3 Å². The van der Waals surface area contributed by atoms with Gasteiger partial charge in [-0.05, 0) is 29.8 Å². The molecule has 5 rings (SSSR count). The molecule has 0 radical (unpaired) electrons. The van der Waals surface area contributed by atoms with Gasteiger partial charge in [-0.3, -0.25) is 9.59 Å². The quantitative estimate of drug-likeness (QED) is 0.347. The number of alkyl halides is 1. The van der Waals surface area contributed by atoms with Crippen molar-refractivity contribution in [1.29, 1.82) is 0 Å². The van der Waals surface area contributed by atoms with Gasteiger partial charge in [-0.15, -0.1) is 0 Å². The highest BCUT2D eigenvalue weighted by atomic mass is 19.1. The number of aromatic amines is 1. The molecule has 196 valence electrons. The van der Waals surface area contributed by atoms with E-state index in [0.29, 0.717) is 5.56 Å². The van der Waals surface area contributed by atoms with Gasteiger partial charge in [0.25, 0.3) is 5.91 Å². The van der Waals surface area contributed by atoms with Gasteiger partial charge in [0.2, 0.25) is 5.91 Å². The fraction of sp³-hybridized carbons (Fsp3) is 0.276. The molecule has 0 spiro atoms. The van der Waals surface area contributed by atoms with Crippen LogP contribution in [0.1, 0.15) is 22.3 Å². The molecule has 1 fully saturated rings. The van der Waals surface area contributed by atoms with Crippen LogP contribution in [-0.2, 0) is 25.7 Å². The molecule has 1 aliphatic rings. The number of H-pyrrole nitrogens is 1. The lowest BCUT2D eigenvalue weighted by atomic mass is 10.0. The minimum Gasteiger partial charge on any atom is -0.459 e. The molecule has 1 aromatic heterocycles. The van der Waals surface area contributed by atoms with Crippen molar-refractivity contribution in [2.45, 2.75) is 24.7 Å². The molecular formula is C29H28FN3O5. The summed E-state index contributed by atoms with van der Waals surface area (Å²) in [6.45, 7) is -0.983. The number of benzene rings is 3. The number of ether oxygens (including phenoxy) is 2. The van der Waals surface area contributed by atoms with Gasteiger partial charge < -0.3 is 24.7 Å². The van der Waals surface area contributed by atoms with E-state index in [0.717, 1.165) is 32.3 Å². The predicted molar refractivity (Wildman–Crippen MR) is 140 cm³/mol. The lowest BCUT2D eigenvalue weighted by molar-refractivity contribution is -0.154. The van der Waals surface area contributed by atoms with Gasteiger partial charge in [0.05, 0.1) is 19.7 Å². The number of likely N-dealkylation sites (tertiary alicyclic amines) is 1. The third-order valence-electron chi connectivity index (χ3n) is 6.78. The molecule has 2 N–H and O–H groups in total. The highest BCUT2D eigenvalue weighted by molar-refractivity contribution is 6.10. The van der Waals surface area contributed by atoms with Gasteiger partial charge in [-0.2, -0.15) is 0 Å². The number of halogens is 1. The maximum absolute atomic E-state index is 15.4. The van der Waals surface area contributed by atoms with Crippen LogP contribution in [0.3, 0.4) is 0 Å². The predicted octanol–water partition coefficient (Wildman–Crippen LogP) is 3.75. The molecule has 38 heavy (non-hydrogen) atoms. The third-order valence-corrected chi connectivity index (χ3v) is 6.78. The summed E-state index contributed by atoms with van der Waals surface area (Å²) in [5, 5.41) is 4.49. The number of carbonyl (C=O) groups excluding carboxylic acids is 3. The number of aromatic nitrogens is 1. The van der Waals surface area contributed by atoms with E-state index in [1.54, 1.807) is 24.3 Å². The number of nitrogens with zero attached hydrogens (tertiary/aromatic N) is 1. The number of carbonyl (C=O) groups is 3. The van der Waals surface area contributed by atoms with Gasteiger partial charge >= 0.3 is 5.97 Å². The molecule has 0 saturated carbocycles. The van der Waals surface area contributed by atoms with Crippen molar-refractivity contribution in [1.82, 2.24) is 15.2 Å². The molecule has 1 saturated heterocycles. The maximum Gasteiger partial charge on any atom is 0.329 e. The van der Waals surface area contributed by atoms with Gasteiger partial charge in [0.15, 0.2) is 5.67 Å². The maximum atomic E-state index is 15.4. The molecule has 0 bridgehead atoms. The summed E-state index contributed by atoms with van der Waals surface area (Å²) < 4.78 is 25.8. The summed E-state index contributed by atoms with van der Waals surface area (Å²) in [6.07, 6.45) is -0.245. The van der Waals surface area contributed by atoms with Crippen LogP contribution >= 0.6 is 0 Å². The number of hydrogen-bond donors (Lipinski definition) is 2. The smallest absolute Gasteiger partial charge is 0.329 e. The summed E-state index contributed by atoms with van der Waals surface area (Å²) in [6, 6.07) is 21.0. The first-order valence-corrected chi connectivity index (χ1v) is 12.3. The van der Waals surface area contributed by atoms with E-state index >= 15 is 4.39 Å². The number of methoxy groups -OCH3 is 1. The van der Waals surface area contributed by atoms with Crippen molar-refractivity contribution >= 4 is 39.6 Å². The molecule has 0 aliphatic carbocycles. The summed E-state index contributed by atoms with van der Waals surface area (Å²) >= 11 is 0. The number of nitrogens with one attached hydrogen (secondary N) is 2. The zero-order valence-electron chi connectivity index (χ0n) is 20.9. The highest BCUT2D eigenvalue weighted by Crippen LogP contribution is 2.32. The summed E-state index contributed by atoms with van der Waals surface area (Å²) in [5.41, 5.74) is 1.12. The lowest BCUT2D eigenvalue weighted by Gasteiger charge is -2.23. The van der Waals surface area contributed by atoms with E-state index in [9.17, 15) is 14.4 Å². The number of hydrogen-bond acceptors (Lipinski definition) is 5. The van der Waals surface area contributed by atoms with Crippen LogP contribution in [-0.4, -0.2) is 66.2 Å². The van der Waals surface area contributed by atoms with E-state index in [1.807, 2.05) is 48.5 Å². The standard InChI is InChI=1S/C29H28FN3O5/c1-37-18-29(30)14-25(28(36)38-16-19-7-3-2-4-8-19)33(17-29)26(34)15-31-27(35)20-11-12-24-22(13-20)21-9-5-6-10-23(21)32-24/h2-13,25,32H,14-18H2,1H3,(H,31,35)/t25-,29+/m0/s1. The molecule has 2 heterocycles. The van der Waals surface area contributed by atoms with Crippen molar-refractivity contribution in [3.8, 4) is 0 Å². The van der Waals surface area contributed by atoms with Crippen LogP contribution in [0.5, 0.6) is 0 Å². The Morgan fingerprint density at radius 3 is 2.55 bits per heavy atom. The van der Waals surface area contributed by atoms with Gasteiger partial charge in [-0.25, -0.2) is 9.18 Å². The van der Waals surface area contributed by atoms with Crippen LogP contribution in [0.15, 0.2) is 72.8 Å². The average Bonchev–Trinajstić information content (AvgIpc) is 3.48. The van der Waals surface area contributed by atoms with Crippen molar-refractivity contribution in [3.05, 3.63) is 83.9 Å². The number of fused-ring (bicyclic) bond motifs is 3. The van der Waals surface area contributed by atoms with Crippen molar-refractivity contribution in [2.75, 3.05) is 26.8 Å². The number of rotatable bonds is 8. The van der Waals surface area contributed by atoms with Gasteiger partial charge in [0, 0.05) is 40.9 Å². The summed E-state index contributed by atoms with van der Waals surface area (Å²) in [5.74, 6) is -1.73. The zero-order chi connectivity index (χ0) is 26.7.